The number of ether oxygens (including phenoxy) is 2. The summed E-state index contributed by atoms with van der Waals surface area (Å²) in [5, 5.41) is 0. The Kier molecular flexibility index (Phi) is 15.5. The van der Waals surface area contributed by atoms with Gasteiger partial charge in [0.05, 0.1) is 36.0 Å². The molecule has 8 nitrogen and oxygen atoms in total. The number of rotatable bonds is 16. The van der Waals surface area contributed by atoms with Crippen LogP contribution >= 0.6 is 0 Å². The van der Waals surface area contributed by atoms with Gasteiger partial charge in [-0.3, -0.25) is 0 Å². The van der Waals surface area contributed by atoms with Crippen molar-refractivity contribution in [3.63, 3.8) is 0 Å². The number of carbonyl (C=O) groups is 2. The first kappa shape index (κ1) is 50.3. The number of fused-ring (bicyclic) bond motifs is 8. The largest absolute Gasteiger partial charge is 2.00 e. The van der Waals surface area contributed by atoms with Crippen molar-refractivity contribution in [2.24, 2.45) is 0 Å². The summed E-state index contributed by atoms with van der Waals surface area (Å²) in [4.78, 5) is 45.4. The van der Waals surface area contributed by atoms with Crippen LogP contribution in [0.1, 0.15) is 109 Å². The first-order chi connectivity index (χ1) is 33.8. The Morgan fingerprint density at radius 1 is 0.437 bits per heavy atom. The Bertz CT molecular complexity index is 3150. The Balaban J connectivity index is 0.00000676. The van der Waals surface area contributed by atoms with E-state index in [9.17, 15) is 9.59 Å². The Morgan fingerprint density at radius 2 is 0.775 bits per heavy atom. The van der Waals surface area contributed by atoms with Crippen molar-refractivity contribution in [1.29, 1.82) is 0 Å². The van der Waals surface area contributed by atoms with Crippen LogP contribution in [0.5, 0.6) is 11.5 Å². The molecule has 0 saturated carbocycles. The molecule has 0 aliphatic carbocycles. The van der Waals surface area contributed by atoms with Gasteiger partial charge in [-0.25, -0.2) is 9.97 Å². The molecule has 0 saturated heterocycles. The van der Waals surface area contributed by atoms with Gasteiger partial charge in [0.25, 0.3) is 0 Å². The molecule has 2 aliphatic rings. The van der Waals surface area contributed by atoms with E-state index in [0.717, 1.165) is 149 Å². The van der Waals surface area contributed by atoms with Crippen LogP contribution in [0.25, 0.3) is 90.9 Å². The fourth-order valence-corrected chi connectivity index (χ4v) is 10.2. The summed E-state index contributed by atoms with van der Waals surface area (Å²) < 4.78 is 12.6. The third-order valence-corrected chi connectivity index (χ3v) is 13.1. The van der Waals surface area contributed by atoms with Gasteiger partial charge < -0.3 is 29.0 Å². The molecule has 0 N–H and O–H groups in total. The van der Waals surface area contributed by atoms with E-state index in [0.29, 0.717) is 26.1 Å². The van der Waals surface area contributed by atoms with E-state index in [4.69, 9.17) is 29.4 Å². The van der Waals surface area contributed by atoms with Crippen LogP contribution in [0.15, 0.2) is 97.1 Å². The van der Waals surface area contributed by atoms with Gasteiger partial charge in [0.15, 0.2) is 0 Å². The van der Waals surface area contributed by atoms with Crippen molar-refractivity contribution in [1.82, 2.24) is 19.9 Å². The number of nitrogens with zero attached hydrogens (tertiary/aromatic N) is 4. The summed E-state index contributed by atoms with van der Waals surface area (Å²) in [6, 6.07) is 33.7. The van der Waals surface area contributed by atoms with Gasteiger partial charge in [-0.05, 0) is 196 Å². The van der Waals surface area contributed by atoms with Crippen LogP contribution in [0, 0.1) is 41.5 Å². The number of ketones is 2. The maximum Gasteiger partial charge on any atom is 2.00 e. The first-order valence-electron chi connectivity index (χ1n) is 24.5. The van der Waals surface area contributed by atoms with Gasteiger partial charge in [-0.2, -0.15) is 0 Å². The fraction of sp³-hybridized carbons (Fsp3) is 0.258. The number of hydrogen-bond donors (Lipinski definition) is 0. The van der Waals surface area contributed by atoms with Crippen LogP contribution < -0.4 is 19.4 Å². The summed E-state index contributed by atoms with van der Waals surface area (Å²) in [6.45, 7) is 17.2. The molecule has 0 spiro atoms. The topological polar surface area (TPSA) is 107 Å². The summed E-state index contributed by atoms with van der Waals surface area (Å²) in [5.74, 6) is 1.87. The molecule has 0 fully saturated rings. The van der Waals surface area contributed by atoms with E-state index in [1.807, 2.05) is 24.3 Å². The minimum Gasteiger partial charge on any atom is -0.657 e. The Labute approximate surface area is 427 Å². The van der Waals surface area contributed by atoms with Crippen molar-refractivity contribution < 1.29 is 35.6 Å². The Morgan fingerprint density at radius 3 is 1.13 bits per heavy atom. The average Bonchev–Trinajstić information content (AvgIpc) is 4.16. The Hall–Kier alpha value is -7.09. The maximum atomic E-state index is 11.6. The van der Waals surface area contributed by atoms with Crippen molar-refractivity contribution in [3.8, 4) is 56.0 Å². The molecule has 9 heteroatoms. The van der Waals surface area contributed by atoms with Crippen LogP contribution in [0.3, 0.4) is 0 Å². The van der Waals surface area contributed by atoms with Gasteiger partial charge >= 0.3 is 16.5 Å². The second-order valence-corrected chi connectivity index (χ2v) is 19.0. The van der Waals surface area contributed by atoms with Crippen LogP contribution in [0.2, 0.25) is 0 Å². The first-order valence-corrected chi connectivity index (χ1v) is 24.5. The molecule has 9 rings (SSSR count). The smallest absolute Gasteiger partial charge is 0.657 e. The second kappa shape index (κ2) is 21.9. The average molecular weight is 984 g/mol. The molecule has 4 aromatic carbocycles. The van der Waals surface area contributed by atoms with Crippen LogP contribution in [-0.4, -0.2) is 34.7 Å². The summed E-state index contributed by atoms with van der Waals surface area (Å²) >= 11 is 0. The van der Waals surface area contributed by atoms with Gasteiger partial charge in [0, 0.05) is 12.8 Å². The molecule has 0 amide bonds. The van der Waals surface area contributed by atoms with Crippen LogP contribution in [0.4, 0.5) is 0 Å². The van der Waals surface area contributed by atoms with E-state index < -0.39 is 0 Å². The maximum absolute atomic E-state index is 11.6. The zero-order valence-electron chi connectivity index (χ0n) is 41.9. The molecule has 3 aromatic heterocycles. The predicted octanol–water partition coefficient (Wildman–Crippen LogP) is 14.7. The standard InChI is InChI=1S/C62H60N4O4.Ni/c1-37-31-39(3)57(40(4)32-37)61-53-25-21-49(63-53)59(45-17-13-19-47(35-45)69-29-11-9-15-43(7)67)51-23-27-55(65-51)62(58-41(5)33-38(2)34-42(58)6)56-28-24-52(66-56)60(50-22-26-54(61)64-50)46-18-14-20-48(36-46)70-30-12-10-16-44(8)68;/h13-14,17-28,31-36H,9-12,15-16,29-30H2,1-8H3;/q-2;+2. The predicted molar refractivity (Wildman–Crippen MR) is 287 cm³/mol. The molecule has 0 unspecified atom stereocenters. The number of hydrogen-bond acceptors (Lipinski definition) is 6. The zero-order chi connectivity index (χ0) is 49.1. The molecule has 362 valence electrons. The minimum absolute atomic E-state index is 0. The van der Waals surface area contributed by atoms with E-state index >= 15 is 0 Å². The normalized spacial score (nSPS) is 11.7. The zero-order valence-corrected chi connectivity index (χ0v) is 42.9. The molecular formula is C62H60N4NiO4. The fourth-order valence-electron chi connectivity index (χ4n) is 10.2. The van der Waals surface area contributed by atoms with E-state index in [1.165, 1.54) is 11.1 Å². The molecule has 2 aliphatic heterocycles. The van der Waals surface area contributed by atoms with E-state index in [2.05, 4.69) is 139 Å². The summed E-state index contributed by atoms with van der Waals surface area (Å²) in [6.07, 6.45) is 12.7. The van der Waals surface area contributed by atoms with Gasteiger partial charge in [-0.15, -0.1) is 22.1 Å². The second-order valence-electron chi connectivity index (χ2n) is 19.0. The van der Waals surface area contributed by atoms with Crippen molar-refractivity contribution in [2.75, 3.05) is 13.2 Å². The number of aromatic nitrogens is 4. The van der Waals surface area contributed by atoms with Gasteiger partial charge in [-0.1, -0.05) is 83.9 Å². The number of Topliss-reactive ketones (excluding diaryl/α,β-unsaturated/α-hetero) is 2. The molecule has 0 radical (unpaired) electrons. The van der Waals surface area contributed by atoms with E-state index in [1.54, 1.807) is 13.8 Å². The quantitative estimate of drug-likeness (QED) is 0.0696. The molecule has 8 bridgehead atoms. The van der Waals surface area contributed by atoms with E-state index in [-0.39, 0.29) is 28.1 Å². The molecular weight excluding hydrogens is 923 g/mol. The van der Waals surface area contributed by atoms with Crippen molar-refractivity contribution in [2.45, 2.75) is 93.9 Å². The number of unbranched alkanes of at least 4 members (excludes halogenated alkanes) is 2. The van der Waals surface area contributed by atoms with Crippen LogP contribution in [-0.2, 0) is 26.1 Å². The minimum atomic E-state index is 0. The van der Waals surface area contributed by atoms with Gasteiger partial charge in [0.2, 0.25) is 0 Å². The molecule has 7 aromatic rings. The third kappa shape index (κ3) is 11.1. The number of benzene rings is 4. The van der Waals surface area contributed by atoms with Crippen molar-refractivity contribution >= 4 is 57.9 Å². The number of aryl methyl sites for hydroxylation is 6. The molecule has 0 atom stereocenters. The summed E-state index contributed by atoms with van der Waals surface area (Å²) in [7, 11) is 0. The van der Waals surface area contributed by atoms with Gasteiger partial charge in [0.1, 0.15) is 23.1 Å². The molecule has 5 heterocycles. The summed E-state index contributed by atoms with van der Waals surface area (Å²) in [5.41, 5.74) is 20.9. The SMILES string of the molecule is CC(=O)CCCCOc1cccc(-c2c3nc(c(-c4c(C)cc(C)cc4C)c4ccc([n-]4)c(-c4cccc(OCCCCC(C)=O)c4)c4nc(c(-c5c(C)cc(C)cc5C)c5ccc2[n-]5)C=C4)C=C3)c1.[Ni+2]. The molecule has 71 heavy (non-hydrogen) atoms. The monoisotopic (exact) mass is 982 g/mol. The third-order valence-electron chi connectivity index (χ3n) is 13.1. The number of carbonyl (C=O) groups excluding carboxylic acids is 2. The van der Waals surface area contributed by atoms with Crippen molar-refractivity contribution in [3.05, 3.63) is 153 Å².